The lowest BCUT2D eigenvalue weighted by Crippen LogP contribution is -2.53. The molecule has 19 heavy (non-hydrogen) atoms. The first-order valence-electron chi connectivity index (χ1n) is 5.86. The second-order valence-corrected chi connectivity index (χ2v) is 7.17. The van der Waals surface area contributed by atoms with Crippen LogP contribution in [0.5, 0.6) is 5.75 Å². The Hall–Kier alpha value is -0.300. The lowest BCUT2D eigenvalue weighted by molar-refractivity contribution is 0.0902. The fourth-order valence-electron chi connectivity index (χ4n) is 1.96. The molecule has 3 N–H and O–H groups in total. The predicted octanol–water partition coefficient (Wildman–Crippen LogP) is 2.80. The smallest absolute Gasteiger partial charge is 0.262 e. The Balaban J connectivity index is 0.00000180. The summed E-state index contributed by atoms with van der Waals surface area (Å²) in [6, 6.07) is 1.74. The minimum Gasteiger partial charge on any atom is -0.495 e. The number of carbonyl (C=O) groups excluding carboxylic acids is 1. The standard InChI is InChI=1S/C12H17BrN2O2S.ClH/c1-12(6-14,7-3-4-7)15-11(16)9-5-8(17-2)10(13)18-9;/h5,7H,3-4,6,14H2,1-2H3,(H,15,16);1H. The van der Waals surface area contributed by atoms with Crippen molar-refractivity contribution >= 4 is 45.6 Å². The summed E-state index contributed by atoms with van der Waals surface area (Å²) in [5.41, 5.74) is 5.50. The maximum atomic E-state index is 12.2. The van der Waals surface area contributed by atoms with Gasteiger partial charge in [0.1, 0.15) is 9.54 Å². The van der Waals surface area contributed by atoms with Crippen molar-refractivity contribution in [1.82, 2.24) is 5.32 Å². The van der Waals surface area contributed by atoms with Crippen LogP contribution in [0.25, 0.3) is 0 Å². The quantitative estimate of drug-likeness (QED) is 0.839. The average Bonchev–Trinajstić information content (AvgIpc) is 3.13. The van der Waals surface area contributed by atoms with Crippen LogP contribution in [0.1, 0.15) is 29.4 Å². The largest absolute Gasteiger partial charge is 0.495 e. The van der Waals surface area contributed by atoms with Gasteiger partial charge in [-0.25, -0.2) is 0 Å². The summed E-state index contributed by atoms with van der Waals surface area (Å²) in [6.45, 7) is 2.48. The zero-order chi connectivity index (χ0) is 13.3. The van der Waals surface area contributed by atoms with E-state index < -0.39 is 0 Å². The van der Waals surface area contributed by atoms with Gasteiger partial charge in [-0.1, -0.05) is 0 Å². The molecule has 1 unspecified atom stereocenters. The van der Waals surface area contributed by atoms with E-state index in [-0.39, 0.29) is 23.9 Å². The molecule has 0 aromatic carbocycles. The van der Waals surface area contributed by atoms with Crippen molar-refractivity contribution in [2.24, 2.45) is 11.7 Å². The summed E-state index contributed by atoms with van der Waals surface area (Å²) in [5, 5.41) is 3.06. The van der Waals surface area contributed by atoms with Crippen LogP contribution in [0, 0.1) is 5.92 Å². The number of hydrogen-bond donors (Lipinski definition) is 2. The molecule has 0 saturated heterocycles. The molecule has 2 rings (SSSR count). The van der Waals surface area contributed by atoms with Crippen molar-refractivity contribution in [2.45, 2.75) is 25.3 Å². The minimum atomic E-state index is -0.291. The molecule has 1 amide bonds. The number of nitrogens with two attached hydrogens (primary N) is 1. The van der Waals surface area contributed by atoms with E-state index in [0.717, 1.165) is 16.6 Å². The van der Waals surface area contributed by atoms with Crippen LogP contribution in [-0.4, -0.2) is 25.1 Å². The first-order chi connectivity index (χ1) is 8.50. The molecule has 1 saturated carbocycles. The van der Waals surface area contributed by atoms with Gasteiger partial charge in [-0.2, -0.15) is 0 Å². The van der Waals surface area contributed by atoms with Crippen molar-refractivity contribution in [3.8, 4) is 5.75 Å². The number of carbonyl (C=O) groups is 1. The van der Waals surface area contributed by atoms with Crippen molar-refractivity contribution in [1.29, 1.82) is 0 Å². The van der Waals surface area contributed by atoms with Crippen molar-refractivity contribution in [3.63, 3.8) is 0 Å². The molecule has 1 aromatic rings. The molecule has 1 aliphatic carbocycles. The molecule has 7 heteroatoms. The van der Waals surface area contributed by atoms with E-state index in [0.29, 0.717) is 23.1 Å². The number of nitrogens with one attached hydrogen (secondary N) is 1. The number of ether oxygens (including phenoxy) is 1. The molecule has 0 spiro atoms. The summed E-state index contributed by atoms with van der Waals surface area (Å²) in [6.07, 6.45) is 2.29. The minimum absolute atomic E-state index is 0. The zero-order valence-electron chi connectivity index (χ0n) is 10.9. The maximum absolute atomic E-state index is 12.2. The van der Waals surface area contributed by atoms with E-state index in [1.807, 2.05) is 6.92 Å². The molecule has 1 fully saturated rings. The first-order valence-corrected chi connectivity index (χ1v) is 7.47. The Labute approximate surface area is 131 Å². The van der Waals surface area contributed by atoms with Crippen molar-refractivity contribution in [3.05, 3.63) is 14.7 Å². The van der Waals surface area contributed by atoms with E-state index in [4.69, 9.17) is 10.5 Å². The van der Waals surface area contributed by atoms with Crippen molar-refractivity contribution in [2.75, 3.05) is 13.7 Å². The monoisotopic (exact) mass is 368 g/mol. The summed E-state index contributed by atoms with van der Waals surface area (Å²) >= 11 is 4.74. The lowest BCUT2D eigenvalue weighted by atomic mass is 9.96. The molecule has 4 nitrogen and oxygen atoms in total. The Morgan fingerprint density at radius 2 is 2.32 bits per heavy atom. The van der Waals surface area contributed by atoms with Gasteiger partial charge in [0.15, 0.2) is 0 Å². The highest BCUT2D eigenvalue weighted by molar-refractivity contribution is 9.11. The highest BCUT2D eigenvalue weighted by Gasteiger charge is 2.41. The number of halogens is 2. The Morgan fingerprint density at radius 3 is 2.74 bits per heavy atom. The van der Waals surface area contributed by atoms with Gasteiger partial charge in [0.2, 0.25) is 0 Å². The number of thiophene rings is 1. The Morgan fingerprint density at radius 1 is 1.68 bits per heavy atom. The van der Waals surface area contributed by atoms with Gasteiger partial charge in [-0.05, 0) is 41.6 Å². The first kappa shape index (κ1) is 16.8. The van der Waals surface area contributed by atoms with E-state index in [9.17, 15) is 4.79 Å². The molecule has 1 aliphatic rings. The highest BCUT2D eigenvalue weighted by Crippen LogP contribution is 2.40. The number of methoxy groups -OCH3 is 1. The summed E-state index contributed by atoms with van der Waals surface area (Å²) in [7, 11) is 1.59. The fraction of sp³-hybridized carbons (Fsp3) is 0.583. The predicted molar refractivity (Wildman–Crippen MR) is 83.5 cm³/mol. The van der Waals surface area contributed by atoms with Gasteiger partial charge in [0, 0.05) is 12.6 Å². The molecule has 108 valence electrons. The Bertz CT molecular complexity index is 465. The van der Waals surface area contributed by atoms with Gasteiger partial charge < -0.3 is 15.8 Å². The molecule has 1 atom stereocenters. The molecule has 1 heterocycles. The van der Waals surface area contributed by atoms with E-state index in [2.05, 4.69) is 21.2 Å². The molecular formula is C12H18BrClN2O2S. The van der Waals surface area contributed by atoms with Crippen molar-refractivity contribution < 1.29 is 9.53 Å². The normalized spacial score (nSPS) is 17.3. The molecule has 0 radical (unpaired) electrons. The number of rotatable bonds is 5. The summed E-state index contributed by atoms with van der Waals surface area (Å²) < 4.78 is 5.98. The second-order valence-electron chi connectivity index (χ2n) is 4.80. The van der Waals surface area contributed by atoms with Crippen LogP contribution >= 0.6 is 39.7 Å². The third-order valence-electron chi connectivity index (χ3n) is 3.40. The van der Waals surface area contributed by atoms with E-state index in [1.54, 1.807) is 13.2 Å². The maximum Gasteiger partial charge on any atom is 0.262 e. The Kier molecular flexibility index (Phi) is 5.67. The van der Waals surface area contributed by atoms with Crippen LogP contribution in [0.15, 0.2) is 9.85 Å². The lowest BCUT2D eigenvalue weighted by Gasteiger charge is -2.29. The number of amides is 1. The summed E-state index contributed by atoms with van der Waals surface area (Å²) in [5.74, 6) is 1.12. The summed E-state index contributed by atoms with van der Waals surface area (Å²) in [4.78, 5) is 12.8. The van der Waals surface area contributed by atoms with Gasteiger partial charge >= 0.3 is 0 Å². The molecule has 1 aromatic heterocycles. The van der Waals surface area contributed by atoms with E-state index >= 15 is 0 Å². The SMILES string of the molecule is COc1cc(C(=O)NC(C)(CN)C2CC2)sc1Br.Cl. The molecule has 0 aliphatic heterocycles. The zero-order valence-corrected chi connectivity index (χ0v) is 14.1. The average molecular weight is 370 g/mol. The third kappa shape index (κ3) is 3.62. The highest BCUT2D eigenvalue weighted by atomic mass is 79.9. The van der Waals surface area contributed by atoms with Gasteiger partial charge in [-0.3, -0.25) is 4.79 Å². The van der Waals surface area contributed by atoms with Crippen LogP contribution in [0.3, 0.4) is 0 Å². The molecular weight excluding hydrogens is 352 g/mol. The van der Waals surface area contributed by atoms with Gasteiger partial charge in [-0.15, -0.1) is 23.7 Å². The number of hydrogen-bond acceptors (Lipinski definition) is 4. The molecule has 0 bridgehead atoms. The third-order valence-corrected chi connectivity index (χ3v) is 5.18. The topological polar surface area (TPSA) is 64.3 Å². The van der Waals surface area contributed by atoms with Gasteiger partial charge in [0.25, 0.3) is 5.91 Å². The van der Waals surface area contributed by atoms with Crippen LogP contribution < -0.4 is 15.8 Å². The van der Waals surface area contributed by atoms with E-state index in [1.165, 1.54) is 11.3 Å². The van der Waals surface area contributed by atoms with Crippen LogP contribution in [-0.2, 0) is 0 Å². The fourth-order valence-corrected chi connectivity index (χ4v) is 3.51. The van der Waals surface area contributed by atoms with Crippen LogP contribution in [0.4, 0.5) is 0 Å². The van der Waals surface area contributed by atoms with Gasteiger partial charge in [0.05, 0.1) is 17.5 Å². The second kappa shape index (κ2) is 6.43. The van der Waals surface area contributed by atoms with Crippen LogP contribution in [0.2, 0.25) is 0 Å².